The summed E-state index contributed by atoms with van der Waals surface area (Å²) in [4.78, 5) is 0. The summed E-state index contributed by atoms with van der Waals surface area (Å²) in [5.41, 5.74) is 31.8. The van der Waals surface area contributed by atoms with E-state index in [1.54, 1.807) is 0 Å². The Morgan fingerprint density at radius 3 is 0.611 bits per heavy atom. The van der Waals surface area contributed by atoms with E-state index in [1.165, 1.54) is 198 Å². The standard InChI is InChI=1S/C72H52/c1-37-17-9-13-21-45(37)61-57-33-41(5)42(6)34-58(57)62(46-22-14-10-18-38(46)2)70-54-30-26-50-52-28-32-56-68-55(31-27-51(66(52)68)49-25-29-53(69(61)70)67(54)65(49)50)71-63(47-23-15-11-19-39(47)3)59-35-43(7)44(8)36-60(59)64(72(56)71)48-24-16-12-20-40(48)4/h9-36H,1-8H3. The third kappa shape index (κ3) is 5.27. The molecule has 13 aromatic rings. The quantitative estimate of drug-likeness (QED) is 0.122. The van der Waals surface area contributed by atoms with Crippen LogP contribution >= 0.6 is 0 Å². The minimum atomic E-state index is 1.29. The molecule has 0 bridgehead atoms. The third-order valence-electron chi connectivity index (χ3n) is 17.5. The van der Waals surface area contributed by atoms with Crippen molar-refractivity contribution in [3.05, 3.63) is 214 Å². The molecule has 0 heteroatoms. The molecule has 0 nitrogen and oxygen atoms in total. The van der Waals surface area contributed by atoms with Crippen molar-refractivity contribution in [1.82, 2.24) is 0 Å². The van der Waals surface area contributed by atoms with Crippen molar-refractivity contribution in [2.45, 2.75) is 55.4 Å². The molecule has 0 heterocycles. The first-order valence-electron chi connectivity index (χ1n) is 25.8. The fourth-order valence-electron chi connectivity index (χ4n) is 13.8. The van der Waals surface area contributed by atoms with Crippen LogP contribution in [0.2, 0.25) is 0 Å². The first kappa shape index (κ1) is 41.5. The number of benzene rings is 13. The Labute approximate surface area is 421 Å². The van der Waals surface area contributed by atoms with Gasteiger partial charge < -0.3 is 0 Å². The Hall–Kier alpha value is -8.32. The minimum Gasteiger partial charge on any atom is -0.0620 e. The fourth-order valence-corrected chi connectivity index (χ4v) is 13.8. The van der Waals surface area contributed by atoms with E-state index in [-0.39, 0.29) is 0 Å². The highest BCUT2D eigenvalue weighted by Crippen LogP contribution is 2.63. The lowest BCUT2D eigenvalue weighted by Gasteiger charge is -2.23. The van der Waals surface area contributed by atoms with Gasteiger partial charge in [-0.25, -0.2) is 0 Å². The van der Waals surface area contributed by atoms with Crippen LogP contribution in [0.4, 0.5) is 0 Å². The largest absolute Gasteiger partial charge is 0.0620 e. The molecule has 13 aromatic carbocycles. The van der Waals surface area contributed by atoms with Gasteiger partial charge in [0.15, 0.2) is 0 Å². The van der Waals surface area contributed by atoms with Crippen LogP contribution in [0.15, 0.2) is 170 Å². The predicted molar refractivity (Wildman–Crippen MR) is 311 cm³/mol. The first-order valence-corrected chi connectivity index (χ1v) is 25.8. The number of hydrogen-bond acceptors (Lipinski definition) is 0. The highest BCUT2D eigenvalue weighted by Gasteiger charge is 2.36. The predicted octanol–water partition coefficient (Wildman–Crippen LogP) is 20.5. The average Bonchev–Trinajstić information content (AvgIpc) is 3.90. The number of rotatable bonds is 4. The van der Waals surface area contributed by atoms with E-state index >= 15 is 0 Å². The second kappa shape index (κ2) is 14.6. The van der Waals surface area contributed by atoms with Crippen LogP contribution in [0.25, 0.3) is 154 Å². The maximum absolute atomic E-state index is 2.49. The molecule has 2 aliphatic carbocycles. The number of hydrogen-bond donors (Lipinski definition) is 0. The highest BCUT2D eigenvalue weighted by atomic mass is 14.4. The first-order chi connectivity index (χ1) is 35.1. The van der Waals surface area contributed by atoms with E-state index in [9.17, 15) is 0 Å². The van der Waals surface area contributed by atoms with E-state index in [0.717, 1.165) is 0 Å². The van der Waals surface area contributed by atoms with Gasteiger partial charge in [0, 0.05) is 0 Å². The molecule has 340 valence electrons. The molecule has 0 N–H and O–H groups in total. The van der Waals surface area contributed by atoms with Crippen molar-refractivity contribution < 1.29 is 0 Å². The molecule has 72 heavy (non-hydrogen) atoms. The van der Waals surface area contributed by atoms with E-state index in [0.29, 0.717) is 0 Å². The molecule has 0 saturated heterocycles. The van der Waals surface area contributed by atoms with Crippen LogP contribution in [0.1, 0.15) is 44.5 Å². The molecule has 0 saturated carbocycles. The number of aryl methyl sites for hydroxylation is 8. The Morgan fingerprint density at radius 1 is 0.167 bits per heavy atom. The topological polar surface area (TPSA) is 0 Å². The van der Waals surface area contributed by atoms with Gasteiger partial charge in [-0.3, -0.25) is 0 Å². The molecule has 0 aliphatic heterocycles. The van der Waals surface area contributed by atoms with E-state index in [1.807, 2.05) is 0 Å². The second-order valence-electron chi connectivity index (χ2n) is 21.4. The molecule has 0 atom stereocenters. The Balaban J connectivity index is 1.10. The lowest BCUT2D eigenvalue weighted by Crippen LogP contribution is -1.97. The molecule has 0 amide bonds. The summed E-state index contributed by atoms with van der Waals surface area (Å²) in [5, 5.41) is 16.1. The van der Waals surface area contributed by atoms with E-state index < -0.39 is 0 Å². The minimum absolute atomic E-state index is 1.29. The zero-order valence-electron chi connectivity index (χ0n) is 42.2. The van der Waals surface area contributed by atoms with Crippen molar-refractivity contribution in [1.29, 1.82) is 0 Å². The normalized spacial score (nSPS) is 12.4. The molecule has 15 rings (SSSR count). The van der Waals surface area contributed by atoms with Crippen LogP contribution < -0.4 is 0 Å². The molecule has 0 unspecified atom stereocenters. The maximum atomic E-state index is 2.49. The van der Waals surface area contributed by atoms with Gasteiger partial charge in [0.2, 0.25) is 0 Å². The van der Waals surface area contributed by atoms with Gasteiger partial charge >= 0.3 is 0 Å². The summed E-state index contributed by atoms with van der Waals surface area (Å²) in [5.74, 6) is 0. The SMILES string of the molecule is Cc1cc2c(-c3ccccc3C)c3c(c(-c4ccccc4C)c2cc1C)-c1ccc2c4ccc5c6c(ccc(c7ccc-3c1c72)c64)-c1c-5c(-c2ccccc2C)c2cc(C)c(C)cc2c1-c1ccccc1C. The van der Waals surface area contributed by atoms with Crippen molar-refractivity contribution >= 4 is 64.6 Å². The molecule has 0 aromatic heterocycles. The van der Waals surface area contributed by atoms with Crippen molar-refractivity contribution in [3.63, 3.8) is 0 Å². The Bertz CT molecular complexity index is 4050. The second-order valence-corrected chi connectivity index (χ2v) is 21.4. The van der Waals surface area contributed by atoms with E-state index in [2.05, 4.69) is 225 Å². The van der Waals surface area contributed by atoms with Crippen LogP contribution in [0.3, 0.4) is 0 Å². The molecule has 0 spiro atoms. The van der Waals surface area contributed by atoms with E-state index in [4.69, 9.17) is 0 Å². The molecular weight excluding hydrogens is 865 g/mol. The van der Waals surface area contributed by atoms with Crippen LogP contribution in [0, 0.1) is 55.4 Å². The summed E-state index contributed by atoms with van der Waals surface area (Å²) < 4.78 is 0. The van der Waals surface area contributed by atoms with Gasteiger partial charge in [0.1, 0.15) is 0 Å². The van der Waals surface area contributed by atoms with Gasteiger partial charge in [0.05, 0.1) is 0 Å². The van der Waals surface area contributed by atoms with Crippen LogP contribution in [-0.4, -0.2) is 0 Å². The van der Waals surface area contributed by atoms with Crippen LogP contribution in [-0.2, 0) is 0 Å². The lowest BCUT2D eigenvalue weighted by atomic mass is 9.80. The highest BCUT2D eigenvalue weighted by molar-refractivity contribution is 6.42. The lowest BCUT2D eigenvalue weighted by molar-refractivity contribution is 1.36. The molecule has 0 fully saturated rings. The smallest absolute Gasteiger partial charge is 0.000730 e. The molecule has 2 aliphatic rings. The van der Waals surface area contributed by atoms with Gasteiger partial charge in [-0.1, -0.05) is 170 Å². The van der Waals surface area contributed by atoms with Crippen LogP contribution in [0.5, 0.6) is 0 Å². The fraction of sp³-hybridized carbons (Fsp3) is 0.111. The van der Waals surface area contributed by atoms with Gasteiger partial charge in [-0.05, 0) is 254 Å². The average molecular weight is 917 g/mol. The summed E-state index contributed by atoms with van der Waals surface area (Å²) in [7, 11) is 0. The van der Waals surface area contributed by atoms with Crippen molar-refractivity contribution in [3.8, 4) is 89.0 Å². The molecule has 0 radical (unpaired) electrons. The summed E-state index contributed by atoms with van der Waals surface area (Å²) in [6.07, 6.45) is 0. The molecular formula is C72H52. The Morgan fingerprint density at radius 2 is 0.389 bits per heavy atom. The third-order valence-corrected chi connectivity index (χ3v) is 17.5. The zero-order chi connectivity index (χ0) is 48.6. The maximum Gasteiger partial charge on any atom is -0.000730 e. The number of fused-ring (bicyclic) bond motifs is 10. The Kier molecular flexibility index (Phi) is 8.42. The van der Waals surface area contributed by atoms with Gasteiger partial charge in [-0.2, -0.15) is 0 Å². The summed E-state index contributed by atoms with van der Waals surface area (Å²) in [6, 6.07) is 65.9. The summed E-state index contributed by atoms with van der Waals surface area (Å²) >= 11 is 0. The van der Waals surface area contributed by atoms with Crippen molar-refractivity contribution in [2.24, 2.45) is 0 Å². The summed E-state index contributed by atoms with van der Waals surface area (Å²) in [6.45, 7) is 18.2. The monoisotopic (exact) mass is 916 g/mol. The van der Waals surface area contributed by atoms with Gasteiger partial charge in [0.25, 0.3) is 0 Å². The van der Waals surface area contributed by atoms with Gasteiger partial charge in [-0.15, -0.1) is 0 Å². The van der Waals surface area contributed by atoms with Crippen molar-refractivity contribution in [2.75, 3.05) is 0 Å². The zero-order valence-corrected chi connectivity index (χ0v) is 42.2.